The molecule has 0 aliphatic carbocycles. The first-order valence-corrected chi connectivity index (χ1v) is 5.73. The van der Waals surface area contributed by atoms with E-state index >= 15 is 0 Å². The second-order valence-electron chi connectivity index (χ2n) is 5.11. The van der Waals surface area contributed by atoms with Crippen LogP contribution >= 0.6 is 0 Å². The van der Waals surface area contributed by atoms with E-state index in [1.807, 2.05) is 45.0 Å². The average molecular weight is 230 g/mol. The van der Waals surface area contributed by atoms with Crippen LogP contribution in [0, 0.1) is 0 Å². The Morgan fingerprint density at radius 3 is 2.71 bits per heavy atom. The van der Waals surface area contributed by atoms with Gasteiger partial charge in [-0.05, 0) is 39.0 Å². The summed E-state index contributed by atoms with van der Waals surface area (Å²) in [6.45, 7) is 6.68. The molecule has 0 spiro atoms. The molecule has 3 nitrogen and oxygen atoms in total. The molecule has 0 saturated heterocycles. The molecule has 0 saturated carbocycles. The van der Waals surface area contributed by atoms with E-state index in [4.69, 9.17) is 10.5 Å². The number of aromatic nitrogens is 1. The Hall–Kier alpha value is -1.61. The lowest BCUT2D eigenvalue weighted by molar-refractivity contribution is -0.0144. The van der Waals surface area contributed by atoms with Crippen molar-refractivity contribution in [1.29, 1.82) is 0 Å². The SMILES string of the molecule is CC(C)(C)OCc1ccc(N)c2cccnc12. The largest absolute Gasteiger partial charge is 0.398 e. The average Bonchev–Trinajstić information content (AvgIpc) is 2.27. The van der Waals surface area contributed by atoms with Crippen LogP contribution in [0.2, 0.25) is 0 Å². The third-order valence-corrected chi connectivity index (χ3v) is 2.55. The molecule has 90 valence electrons. The van der Waals surface area contributed by atoms with Crippen molar-refractivity contribution in [2.45, 2.75) is 33.0 Å². The van der Waals surface area contributed by atoms with Crippen molar-refractivity contribution in [3.8, 4) is 0 Å². The highest BCUT2D eigenvalue weighted by molar-refractivity contribution is 5.92. The minimum Gasteiger partial charge on any atom is -0.398 e. The normalized spacial score (nSPS) is 11.9. The molecule has 1 aromatic carbocycles. The number of anilines is 1. The van der Waals surface area contributed by atoms with Crippen molar-refractivity contribution >= 4 is 16.6 Å². The van der Waals surface area contributed by atoms with Crippen molar-refractivity contribution in [3.05, 3.63) is 36.0 Å². The van der Waals surface area contributed by atoms with Crippen LogP contribution in [0.4, 0.5) is 5.69 Å². The summed E-state index contributed by atoms with van der Waals surface area (Å²) >= 11 is 0. The molecule has 0 atom stereocenters. The Kier molecular flexibility index (Phi) is 3.03. The monoisotopic (exact) mass is 230 g/mol. The molecule has 0 fully saturated rings. The molecule has 17 heavy (non-hydrogen) atoms. The Balaban J connectivity index is 2.38. The van der Waals surface area contributed by atoms with Gasteiger partial charge in [0.05, 0.1) is 17.7 Å². The zero-order valence-electron chi connectivity index (χ0n) is 10.5. The predicted octanol–water partition coefficient (Wildman–Crippen LogP) is 3.13. The number of pyridine rings is 1. The predicted molar refractivity (Wildman–Crippen MR) is 70.7 cm³/mol. The smallest absolute Gasteiger partial charge is 0.0777 e. The van der Waals surface area contributed by atoms with Gasteiger partial charge in [0.1, 0.15) is 0 Å². The van der Waals surface area contributed by atoms with Crippen LogP contribution in [0.25, 0.3) is 10.9 Å². The number of nitrogens with zero attached hydrogens (tertiary/aromatic N) is 1. The van der Waals surface area contributed by atoms with Crippen molar-refractivity contribution in [1.82, 2.24) is 4.98 Å². The van der Waals surface area contributed by atoms with E-state index in [1.165, 1.54) is 0 Å². The van der Waals surface area contributed by atoms with Gasteiger partial charge in [-0.2, -0.15) is 0 Å². The minimum atomic E-state index is -0.150. The highest BCUT2D eigenvalue weighted by atomic mass is 16.5. The van der Waals surface area contributed by atoms with E-state index in [1.54, 1.807) is 6.20 Å². The summed E-state index contributed by atoms with van der Waals surface area (Å²) < 4.78 is 5.78. The molecule has 1 aromatic heterocycles. The molecular formula is C14H18N2O. The van der Waals surface area contributed by atoms with Gasteiger partial charge in [-0.1, -0.05) is 6.07 Å². The molecule has 1 heterocycles. The van der Waals surface area contributed by atoms with Crippen LogP contribution in [0.15, 0.2) is 30.5 Å². The Labute approximate surface area is 102 Å². The molecule has 2 N–H and O–H groups in total. The van der Waals surface area contributed by atoms with Gasteiger partial charge < -0.3 is 10.5 Å². The Morgan fingerprint density at radius 2 is 2.00 bits per heavy atom. The number of hydrogen-bond donors (Lipinski definition) is 1. The zero-order valence-corrected chi connectivity index (χ0v) is 10.5. The fourth-order valence-electron chi connectivity index (χ4n) is 1.66. The first kappa shape index (κ1) is 11.9. The van der Waals surface area contributed by atoms with E-state index in [9.17, 15) is 0 Å². The summed E-state index contributed by atoms with van der Waals surface area (Å²) in [5.74, 6) is 0. The maximum Gasteiger partial charge on any atom is 0.0777 e. The maximum absolute atomic E-state index is 5.93. The van der Waals surface area contributed by atoms with Gasteiger partial charge in [0.2, 0.25) is 0 Å². The van der Waals surface area contributed by atoms with Gasteiger partial charge in [0.15, 0.2) is 0 Å². The number of nitrogen functional groups attached to an aromatic ring is 1. The van der Waals surface area contributed by atoms with E-state index in [2.05, 4.69) is 4.98 Å². The zero-order chi connectivity index (χ0) is 12.5. The summed E-state index contributed by atoms with van der Waals surface area (Å²) in [5, 5.41) is 0.988. The standard InChI is InChI=1S/C14H18N2O/c1-14(2,3)17-9-10-6-7-12(15)11-5-4-8-16-13(10)11/h4-8H,9,15H2,1-3H3. The molecule has 0 amide bonds. The fraction of sp³-hybridized carbons (Fsp3) is 0.357. The van der Waals surface area contributed by atoms with Gasteiger partial charge in [-0.15, -0.1) is 0 Å². The lowest BCUT2D eigenvalue weighted by Crippen LogP contribution is -2.18. The Morgan fingerprint density at radius 1 is 1.24 bits per heavy atom. The number of fused-ring (bicyclic) bond motifs is 1. The second kappa shape index (κ2) is 4.34. The minimum absolute atomic E-state index is 0.150. The van der Waals surface area contributed by atoms with Crippen molar-refractivity contribution in [3.63, 3.8) is 0 Å². The molecule has 2 aromatic rings. The number of nitrogens with two attached hydrogens (primary N) is 1. The molecular weight excluding hydrogens is 212 g/mol. The van der Waals surface area contributed by atoms with Crippen LogP contribution in [0.3, 0.4) is 0 Å². The van der Waals surface area contributed by atoms with Crippen LogP contribution in [-0.2, 0) is 11.3 Å². The molecule has 0 aliphatic heterocycles. The summed E-state index contributed by atoms with van der Waals surface area (Å²) in [5.41, 5.74) is 8.53. The van der Waals surface area contributed by atoms with Crippen LogP contribution in [-0.4, -0.2) is 10.6 Å². The molecule has 0 unspecified atom stereocenters. The topological polar surface area (TPSA) is 48.1 Å². The molecule has 0 aliphatic rings. The molecule has 0 bridgehead atoms. The van der Waals surface area contributed by atoms with E-state index < -0.39 is 0 Å². The summed E-state index contributed by atoms with van der Waals surface area (Å²) in [7, 11) is 0. The summed E-state index contributed by atoms with van der Waals surface area (Å²) in [4.78, 5) is 4.38. The van der Waals surface area contributed by atoms with Gasteiger partial charge >= 0.3 is 0 Å². The third kappa shape index (κ3) is 2.74. The Bertz CT molecular complexity index is 529. The van der Waals surface area contributed by atoms with Gasteiger partial charge in [0.25, 0.3) is 0 Å². The van der Waals surface area contributed by atoms with Crippen molar-refractivity contribution in [2.24, 2.45) is 0 Å². The number of rotatable bonds is 2. The maximum atomic E-state index is 5.93. The lowest BCUT2D eigenvalue weighted by Gasteiger charge is -2.20. The molecule has 3 heteroatoms. The highest BCUT2D eigenvalue weighted by Gasteiger charge is 2.12. The lowest BCUT2D eigenvalue weighted by atomic mass is 10.1. The second-order valence-corrected chi connectivity index (χ2v) is 5.11. The highest BCUT2D eigenvalue weighted by Crippen LogP contribution is 2.24. The quantitative estimate of drug-likeness (QED) is 0.806. The summed E-state index contributed by atoms with van der Waals surface area (Å²) in [6, 6.07) is 7.77. The van der Waals surface area contributed by atoms with E-state index in [0.29, 0.717) is 6.61 Å². The van der Waals surface area contributed by atoms with Crippen LogP contribution in [0.5, 0.6) is 0 Å². The number of benzene rings is 1. The van der Waals surface area contributed by atoms with Gasteiger partial charge in [-0.3, -0.25) is 4.98 Å². The van der Waals surface area contributed by atoms with E-state index in [0.717, 1.165) is 22.2 Å². The van der Waals surface area contributed by atoms with Crippen LogP contribution < -0.4 is 5.73 Å². The number of hydrogen-bond acceptors (Lipinski definition) is 3. The molecule has 0 radical (unpaired) electrons. The number of ether oxygens (including phenoxy) is 1. The fourth-order valence-corrected chi connectivity index (χ4v) is 1.66. The van der Waals surface area contributed by atoms with Gasteiger partial charge in [-0.25, -0.2) is 0 Å². The summed E-state index contributed by atoms with van der Waals surface area (Å²) in [6.07, 6.45) is 1.78. The van der Waals surface area contributed by atoms with Crippen molar-refractivity contribution < 1.29 is 4.74 Å². The van der Waals surface area contributed by atoms with E-state index in [-0.39, 0.29) is 5.60 Å². The first-order valence-electron chi connectivity index (χ1n) is 5.73. The molecule has 2 rings (SSSR count). The van der Waals surface area contributed by atoms with Crippen LogP contribution in [0.1, 0.15) is 26.3 Å². The van der Waals surface area contributed by atoms with Gasteiger partial charge in [0, 0.05) is 22.8 Å². The van der Waals surface area contributed by atoms with Crippen molar-refractivity contribution in [2.75, 3.05) is 5.73 Å². The third-order valence-electron chi connectivity index (χ3n) is 2.55. The first-order chi connectivity index (χ1) is 7.97.